The molecule has 6 rings (SSSR count). The fourth-order valence-corrected chi connectivity index (χ4v) is 6.64. The normalized spacial score (nSPS) is 19.5. The highest BCUT2D eigenvalue weighted by molar-refractivity contribution is 7.22. The number of benzene rings is 3. The van der Waals surface area contributed by atoms with E-state index in [1.54, 1.807) is 30.3 Å². The highest BCUT2D eigenvalue weighted by atomic mass is 35.5. The maximum Gasteiger partial charge on any atom is 0.301 e. The van der Waals surface area contributed by atoms with Crippen LogP contribution in [0.1, 0.15) is 55.8 Å². The lowest BCUT2D eigenvalue weighted by molar-refractivity contribution is -0.132. The van der Waals surface area contributed by atoms with Crippen molar-refractivity contribution in [1.29, 1.82) is 0 Å². The van der Waals surface area contributed by atoms with E-state index in [1.165, 1.54) is 16.2 Å². The highest BCUT2D eigenvalue weighted by Crippen LogP contribution is 2.45. The van der Waals surface area contributed by atoms with Crippen LogP contribution in [-0.2, 0) is 16.0 Å². The van der Waals surface area contributed by atoms with E-state index in [9.17, 15) is 14.7 Å². The lowest BCUT2D eigenvalue weighted by Gasteiger charge is -2.23. The van der Waals surface area contributed by atoms with Gasteiger partial charge in [-0.3, -0.25) is 14.5 Å². The molecule has 2 aliphatic heterocycles. The van der Waals surface area contributed by atoms with Crippen LogP contribution in [0.5, 0.6) is 11.5 Å². The number of ketones is 1. The molecule has 41 heavy (non-hydrogen) atoms. The number of Topliss-reactive ketones (excluding diaryl/α,β-unsaturated/α-hetero) is 1. The number of anilines is 1. The van der Waals surface area contributed by atoms with Crippen LogP contribution in [-0.4, -0.2) is 34.5 Å². The van der Waals surface area contributed by atoms with Crippen LogP contribution in [0, 0.1) is 0 Å². The molecule has 2 atom stereocenters. The van der Waals surface area contributed by atoms with Crippen LogP contribution in [0.2, 0.25) is 5.02 Å². The number of aliphatic hydroxyl groups is 1. The molecule has 210 valence electrons. The van der Waals surface area contributed by atoms with E-state index in [1.807, 2.05) is 37.3 Å². The molecule has 0 saturated carbocycles. The number of rotatable bonds is 8. The third kappa shape index (κ3) is 5.18. The van der Waals surface area contributed by atoms with Crippen LogP contribution in [0.25, 0.3) is 16.0 Å². The zero-order valence-corrected chi connectivity index (χ0v) is 24.3. The number of amides is 1. The Labute approximate surface area is 247 Å². The molecule has 3 heterocycles. The molecular formula is C32H29ClN2O5S. The second-order valence-corrected chi connectivity index (χ2v) is 11.8. The van der Waals surface area contributed by atoms with Gasteiger partial charge >= 0.3 is 5.91 Å². The zero-order valence-electron chi connectivity index (χ0n) is 22.7. The van der Waals surface area contributed by atoms with Gasteiger partial charge in [0.05, 0.1) is 28.4 Å². The smallest absolute Gasteiger partial charge is 0.301 e. The van der Waals surface area contributed by atoms with Crippen molar-refractivity contribution in [3.63, 3.8) is 0 Å². The number of aromatic nitrogens is 1. The highest BCUT2D eigenvalue weighted by Gasteiger charge is 2.48. The van der Waals surface area contributed by atoms with E-state index < -0.39 is 17.7 Å². The Morgan fingerprint density at radius 2 is 2.00 bits per heavy atom. The summed E-state index contributed by atoms with van der Waals surface area (Å²) in [6, 6.07) is 17.0. The molecule has 0 bridgehead atoms. The van der Waals surface area contributed by atoms with Crippen molar-refractivity contribution in [2.75, 3.05) is 11.5 Å². The van der Waals surface area contributed by atoms with E-state index in [4.69, 9.17) is 21.1 Å². The number of hydrogen-bond donors (Lipinski definition) is 1. The first-order valence-corrected chi connectivity index (χ1v) is 14.9. The Morgan fingerprint density at radius 3 is 2.83 bits per heavy atom. The maximum atomic E-state index is 13.7. The van der Waals surface area contributed by atoms with Crippen molar-refractivity contribution in [2.45, 2.75) is 51.7 Å². The van der Waals surface area contributed by atoms with Crippen molar-refractivity contribution < 1.29 is 24.2 Å². The van der Waals surface area contributed by atoms with E-state index >= 15 is 0 Å². The quantitative estimate of drug-likeness (QED) is 0.0994. The van der Waals surface area contributed by atoms with Gasteiger partial charge in [-0.2, -0.15) is 0 Å². The summed E-state index contributed by atoms with van der Waals surface area (Å²) in [4.78, 5) is 33.4. The molecule has 1 amide bonds. The Balaban J connectivity index is 1.47. The molecule has 0 aliphatic carbocycles. The van der Waals surface area contributed by atoms with Gasteiger partial charge in [-0.05, 0) is 73.0 Å². The lowest BCUT2D eigenvalue weighted by Crippen LogP contribution is -2.29. The number of carbonyl (C=O) groups excluding carboxylic acids is 2. The molecule has 1 saturated heterocycles. The number of hydrogen-bond acceptors (Lipinski definition) is 7. The molecule has 0 spiro atoms. The minimum Gasteiger partial charge on any atom is -0.507 e. The van der Waals surface area contributed by atoms with Gasteiger partial charge in [0.2, 0.25) is 0 Å². The monoisotopic (exact) mass is 588 g/mol. The molecule has 3 aromatic carbocycles. The first-order valence-electron chi connectivity index (χ1n) is 13.7. The van der Waals surface area contributed by atoms with Gasteiger partial charge < -0.3 is 14.6 Å². The van der Waals surface area contributed by atoms with E-state index in [0.717, 1.165) is 35.3 Å². The number of thiazole rings is 1. The van der Waals surface area contributed by atoms with Crippen LogP contribution in [0.15, 0.2) is 66.2 Å². The number of unbranched alkanes of at least 4 members (excludes halogenated alkanes) is 2. The van der Waals surface area contributed by atoms with Crippen molar-refractivity contribution >= 4 is 55.7 Å². The summed E-state index contributed by atoms with van der Waals surface area (Å²) in [5, 5.41) is 12.5. The molecule has 0 radical (unpaired) electrons. The number of aliphatic hydroxyl groups excluding tert-OH is 1. The van der Waals surface area contributed by atoms with Crippen molar-refractivity contribution in [3.05, 3.63) is 87.9 Å². The summed E-state index contributed by atoms with van der Waals surface area (Å²) in [5.74, 6) is -0.383. The second-order valence-electron chi connectivity index (χ2n) is 10.4. The fourth-order valence-electron chi connectivity index (χ4n) is 5.38. The SMILES string of the molecule is CCCCCOc1cccc([C@@H]2C(=C(O)c3ccc4c(c3)C[C@@H](C)O4)C(=O)C(=O)N2c2nc3ccc(Cl)cc3s2)c1. The summed E-state index contributed by atoms with van der Waals surface area (Å²) >= 11 is 7.47. The van der Waals surface area contributed by atoms with Crippen LogP contribution in [0.3, 0.4) is 0 Å². The van der Waals surface area contributed by atoms with Crippen LogP contribution < -0.4 is 14.4 Å². The summed E-state index contributed by atoms with van der Waals surface area (Å²) < 4.78 is 12.6. The fraction of sp³-hybridized carbons (Fsp3) is 0.281. The maximum absolute atomic E-state index is 13.7. The van der Waals surface area contributed by atoms with Crippen molar-refractivity contribution in [1.82, 2.24) is 4.98 Å². The van der Waals surface area contributed by atoms with Gasteiger partial charge in [0.1, 0.15) is 23.4 Å². The summed E-state index contributed by atoms with van der Waals surface area (Å²) in [7, 11) is 0. The van der Waals surface area contributed by atoms with Crippen molar-refractivity contribution in [3.8, 4) is 11.5 Å². The molecule has 1 fully saturated rings. The summed E-state index contributed by atoms with van der Waals surface area (Å²) in [5.41, 5.74) is 2.69. The van der Waals surface area contributed by atoms with Gasteiger partial charge in [-0.1, -0.05) is 54.8 Å². The van der Waals surface area contributed by atoms with Crippen LogP contribution in [0.4, 0.5) is 5.13 Å². The first-order chi connectivity index (χ1) is 19.8. The third-order valence-corrected chi connectivity index (χ3v) is 8.60. The van der Waals surface area contributed by atoms with Gasteiger partial charge in [0.15, 0.2) is 5.13 Å². The molecule has 7 nitrogen and oxygen atoms in total. The number of ether oxygens (including phenoxy) is 2. The van der Waals surface area contributed by atoms with Crippen molar-refractivity contribution in [2.24, 2.45) is 0 Å². The Morgan fingerprint density at radius 1 is 1.15 bits per heavy atom. The number of carbonyl (C=O) groups is 2. The standard InChI is InChI=1S/C32H29ClN2O5S/c1-3-4-5-13-39-23-8-6-7-19(16-23)28-27(29(36)20-9-12-25-21(15-20)14-18(2)40-25)30(37)31(38)35(28)32-34-24-11-10-22(33)17-26(24)41-32/h6-12,15-18,28,36H,3-5,13-14H2,1-2H3/t18-,28-/m1/s1. The molecule has 1 aromatic heterocycles. The first kappa shape index (κ1) is 27.3. The van der Waals surface area contributed by atoms with Gasteiger partial charge in [-0.25, -0.2) is 4.98 Å². The Hall–Kier alpha value is -3.88. The molecule has 4 aromatic rings. The average molecular weight is 589 g/mol. The van der Waals surface area contributed by atoms with E-state index in [0.29, 0.717) is 45.6 Å². The predicted octanol–water partition coefficient (Wildman–Crippen LogP) is 7.47. The van der Waals surface area contributed by atoms with Gasteiger partial charge in [0, 0.05) is 17.0 Å². The molecule has 9 heteroatoms. The minimum absolute atomic E-state index is 0.00216. The lowest BCUT2D eigenvalue weighted by atomic mass is 9.94. The van der Waals surface area contributed by atoms with E-state index in [-0.39, 0.29) is 17.4 Å². The van der Waals surface area contributed by atoms with Gasteiger partial charge in [0.25, 0.3) is 5.78 Å². The van der Waals surface area contributed by atoms with E-state index in [2.05, 4.69) is 11.9 Å². The zero-order chi connectivity index (χ0) is 28.7. The Bertz CT molecular complexity index is 1700. The Kier molecular flexibility index (Phi) is 7.45. The number of halogens is 1. The molecule has 0 unspecified atom stereocenters. The largest absolute Gasteiger partial charge is 0.507 e. The minimum atomic E-state index is -0.909. The summed E-state index contributed by atoms with van der Waals surface area (Å²) in [6.07, 6.45) is 3.79. The third-order valence-electron chi connectivity index (χ3n) is 7.35. The van der Waals surface area contributed by atoms with Gasteiger partial charge in [-0.15, -0.1) is 0 Å². The molecular weight excluding hydrogens is 560 g/mol. The number of fused-ring (bicyclic) bond motifs is 2. The predicted molar refractivity (Wildman–Crippen MR) is 161 cm³/mol. The topological polar surface area (TPSA) is 89.0 Å². The average Bonchev–Trinajstić information content (AvgIpc) is 3.62. The molecule has 1 N–H and O–H groups in total. The summed E-state index contributed by atoms with van der Waals surface area (Å²) in [6.45, 7) is 4.67. The van der Waals surface area contributed by atoms with Crippen LogP contribution >= 0.6 is 22.9 Å². The second kappa shape index (κ2) is 11.2. The number of nitrogens with zero attached hydrogens (tertiary/aromatic N) is 2. The molecule has 2 aliphatic rings.